The van der Waals surface area contributed by atoms with Crippen LogP contribution in [0.4, 0.5) is 0 Å². The Labute approximate surface area is 80.7 Å². The molecular weight excluding hydrogens is 174 g/mol. The van der Waals surface area contributed by atoms with Crippen LogP contribution in [0.2, 0.25) is 0 Å². The quantitative estimate of drug-likeness (QED) is 0.467. The molecule has 0 bridgehead atoms. The first-order chi connectivity index (χ1) is 4.88. The molecule has 0 amide bonds. The largest absolute Gasteiger partial charge is 1.00 e. The Morgan fingerprint density at radius 1 is 1.17 bits per heavy atom. The van der Waals surface area contributed by atoms with Gasteiger partial charge in [-0.1, -0.05) is 13.8 Å². The lowest BCUT2D eigenvalue weighted by Crippen LogP contribution is -3.00. The van der Waals surface area contributed by atoms with Gasteiger partial charge in [0.2, 0.25) is 5.54 Å². The van der Waals surface area contributed by atoms with Crippen LogP contribution >= 0.6 is 0 Å². The second kappa shape index (κ2) is 3.33. The van der Waals surface area contributed by atoms with Crippen LogP contribution < -0.4 is 12.4 Å². The number of piperidine rings is 1. The summed E-state index contributed by atoms with van der Waals surface area (Å²) in [5, 5.41) is 0. The summed E-state index contributed by atoms with van der Waals surface area (Å²) in [6.45, 7) is 9.14. The average Bonchev–Trinajstić information content (AvgIpc) is 1.84. The number of hydrogen-bond donors (Lipinski definition) is 0. The van der Waals surface area contributed by atoms with Crippen molar-refractivity contribution in [2.45, 2.75) is 46.1 Å². The van der Waals surface area contributed by atoms with Gasteiger partial charge >= 0.3 is 0 Å². The maximum atomic E-state index is 11.4. The van der Waals surface area contributed by atoms with Crippen molar-refractivity contribution in [3.05, 3.63) is 4.91 Å². The summed E-state index contributed by atoms with van der Waals surface area (Å²) in [5.74, 6) is 0. The Bertz CT molecular complexity index is 187. The van der Waals surface area contributed by atoms with Crippen LogP contribution in [-0.4, -0.2) is 16.8 Å². The second-order valence-corrected chi connectivity index (χ2v) is 4.65. The van der Waals surface area contributed by atoms with Gasteiger partial charge in [0.25, 0.3) is 0 Å². The first-order valence-corrected chi connectivity index (χ1v) is 4.33. The van der Waals surface area contributed by atoms with Crippen molar-refractivity contribution in [2.75, 3.05) is 6.54 Å². The fourth-order valence-corrected chi connectivity index (χ4v) is 1.59. The van der Waals surface area contributed by atoms with Gasteiger partial charge in [0, 0.05) is 35.4 Å². The third kappa shape index (κ3) is 1.63. The predicted molar refractivity (Wildman–Crippen MR) is 45.6 cm³/mol. The lowest BCUT2D eigenvalue weighted by molar-refractivity contribution is -0.648. The summed E-state index contributed by atoms with van der Waals surface area (Å²) >= 11 is 0. The molecule has 1 aliphatic rings. The molecule has 0 unspecified atom stereocenters. The van der Waals surface area contributed by atoms with Gasteiger partial charge in [0.15, 0.2) is 6.54 Å². The maximum absolute atomic E-state index is 11.4. The highest BCUT2D eigenvalue weighted by Crippen LogP contribution is 2.40. The van der Waals surface area contributed by atoms with Crippen molar-refractivity contribution >= 4 is 0 Å². The Kier molecular flexibility index (Phi) is 3.30. The summed E-state index contributed by atoms with van der Waals surface area (Å²) in [6.07, 6.45) is 2.21. The van der Waals surface area contributed by atoms with Gasteiger partial charge in [-0.3, -0.25) is 0 Å². The number of rotatable bonds is 0. The van der Waals surface area contributed by atoms with Crippen LogP contribution in [0.3, 0.4) is 0 Å². The topological polar surface area (TPSA) is 20.1 Å². The zero-order valence-corrected chi connectivity index (χ0v) is 9.11. The van der Waals surface area contributed by atoms with E-state index in [1.807, 2.05) is 13.8 Å². The molecule has 0 atom stereocenters. The minimum Gasteiger partial charge on any atom is -1.00 e. The van der Waals surface area contributed by atoms with Gasteiger partial charge in [-0.15, -0.1) is 0 Å². The number of nitroso groups, excluding NO2 is 1. The fraction of sp³-hybridized carbons (Fsp3) is 1.00. The molecule has 1 fully saturated rings. The highest BCUT2D eigenvalue weighted by molar-refractivity contribution is 4.88. The van der Waals surface area contributed by atoms with E-state index in [0.29, 0.717) is 6.54 Å². The van der Waals surface area contributed by atoms with Crippen LogP contribution in [0.1, 0.15) is 40.5 Å². The monoisotopic (exact) mass is 191 g/mol. The third-order valence-electron chi connectivity index (χ3n) is 3.44. The van der Waals surface area contributed by atoms with Crippen LogP contribution in [0.5, 0.6) is 0 Å². The molecule has 3 heteroatoms. The number of nitrogens with zero attached hydrogens (tertiary/aromatic N) is 1. The molecule has 0 aromatic heterocycles. The lowest BCUT2D eigenvalue weighted by Gasteiger charge is -2.37. The molecule has 0 spiro atoms. The SMILES string of the molecule is CC1(C)CCC[N+](=O)C1(C)C.[Cl-]. The molecule has 0 aromatic rings. The Balaban J connectivity index is 0.00000121. The van der Waals surface area contributed by atoms with Gasteiger partial charge < -0.3 is 12.4 Å². The Hall–Kier alpha value is -0.110. The zero-order valence-electron chi connectivity index (χ0n) is 8.35. The van der Waals surface area contributed by atoms with E-state index >= 15 is 0 Å². The van der Waals surface area contributed by atoms with Gasteiger partial charge in [-0.2, -0.15) is 0 Å². The highest BCUT2D eigenvalue weighted by atomic mass is 35.5. The molecular formula is C9H18ClNO. The van der Waals surface area contributed by atoms with E-state index < -0.39 is 0 Å². The zero-order chi connectivity index (χ0) is 8.70. The summed E-state index contributed by atoms with van der Waals surface area (Å²) in [6, 6.07) is 0. The second-order valence-electron chi connectivity index (χ2n) is 4.65. The molecule has 0 aromatic carbocycles. The van der Waals surface area contributed by atoms with E-state index in [-0.39, 0.29) is 23.4 Å². The summed E-state index contributed by atoms with van der Waals surface area (Å²) < 4.78 is 1.23. The molecule has 0 N–H and O–H groups in total. The van der Waals surface area contributed by atoms with Gasteiger partial charge in [-0.05, 0) is 6.42 Å². The van der Waals surface area contributed by atoms with Crippen molar-refractivity contribution in [3.8, 4) is 0 Å². The summed E-state index contributed by atoms with van der Waals surface area (Å²) in [7, 11) is 0. The summed E-state index contributed by atoms with van der Waals surface area (Å²) in [5.41, 5.74) is -0.0295. The van der Waals surface area contributed by atoms with E-state index in [9.17, 15) is 4.91 Å². The van der Waals surface area contributed by atoms with Gasteiger partial charge in [0.05, 0.1) is 0 Å². The van der Waals surface area contributed by atoms with Crippen molar-refractivity contribution in [3.63, 3.8) is 0 Å². The van der Waals surface area contributed by atoms with Gasteiger partial charge in [-0.25, -0.2) is 0 Å². The molecule has 1 saturated heterocycles. The first kappa shape index (κ1) is 11.9. The van der Waals surface area contributed by atoms with Crippen molar-refractivity contribution < 1.29 is 17.2 Å². The molecule has 1 rings (SSSR count). The average molecular weight is 192 g/mol. The highest BCUT2D eigenvalue weighted by Gasteiger charge is 2.51. The molecule has 1 heterocycles. The standard InChI is InChI=1S/C9H18NO.ClH/c1-8(2)6-5-7-10(11)9(8,3)4;/h5-7H2,1-4H3;1H/q+1;/p-1. The normalized spacial score (nSPS) is 26.2. The smallest absolute Gasteiger partial charge is 0.210 e. The predicted octanol–water partition coefficient (Wildman–Crippen LogP) is -0.632. The number of halogens is 1. The molecule has 72 valence electrons. The Morgan fingerprint density at radius 3 is 2.00 bits per heavy atom. The number of hydrogen-bond acceptors (Lipinski definition) is 1. The fourth-order valence-electron chi connectivity index (χ4n) is 1.59. The van der Waals surface area contributed by atoms with E-state index in [2.05, 4.69) is 13.8 Å². The first-order valence-electron chi connectivity index (χ1n) is 4.33. The van der Waals surface area contributed by atoms with Crippen LogP contribution in [0.15, 0.2) is 0 Å². The van der Waals surface area contributed by atoms with E-state index in [0.717, 1.165) is 6.42 Å². The van der Waals surface area contributed by atoms with Gasteiger partial charge in [0.1, 0.15) is 0 Å². The molecule has 2 nitrogen and oxygen atoms in total. The third-order valence-corrected chi connectivity index (χ3v) is 3.44. The van der Waals surface area contributed by atoms with Crippen molar-refractivity contribution in [1.29, 1.82) is 0 Å². The van der Waals surface area contributed by atoms with Crippen LogP contribution in [-0.2, 0) is 0 Å². The van der Waals surface area contributed by atoms with E-state index in [1.165, 1.54) is 11.2 Å². The molecule has 12 heavy (non-hydrogen) atoms. The molecule has 0 aliphatic carbocycles. The minimum absolute atomic E-state index is 0. The molecule has 0 radical (unpaired) electrons. The minimum atomic E-state index is -0.189. The van der Waals surface area contributed by atoms with Crippen LogP contribution in [0, 0.1) is 10.3 Å². The van der Waals surface area contributed by atoms with E-state index in [4.69, 9.17) is 0 Å². The van der Waals surface area contributed by atoms with E-state index in [1.54, 1.807) is 0 Å². The molecule has 0 saturated carbocycles. The Morgan fingerprint density at radius 2 is 1.67 bits per heavy atom. The molecule has 1 aliphatic heterocycles. The maximum Gasteiger partial charge on any atom is 0.210 e. The van der Waals surface area contributed by atoms with Crippen LogP contribution in [0.25, 0.3) is 0 Å². The lowest BCUT2D eigenvalue weighted by atomic mass is 9.69. The summed E-state index contributed by atoms with van der Waals surface area (Å²) in [4.78, 5) is 11.4. The van der Waals surface area contributed by atoms with Crippen molar-refractivity contribution in [2.24, 2.45) is 5.41 Å². The van der Waals surface area contributed by atoms with Crippen molar-refractivity contribution in [1.82, 2.24) is 0 Å².